The summed E-state index contributed by atoms with van der Waals surface area (Å²) in [6.45, 7) is 1.53. The van der Waals surface area contributed by atoms with E-state index in [1.165, 1.54) is 5.54 Å². The quantitative estimate of drug-likeness (QED) is 0.633. The molecule has 0 fully saturated rings. The van der Waals surface area contributed by atoms with Crippen LogP contribution in [0, 0.1) is 0 Å². The Morgan fingerprint density at radius 1 is 1.70 bits per heavy atom. The molecule has 1 atom stereocenters. The van der Waals surface area contributed by atoms with Crippen LogP contribution in [0.5, 0.6) is 0 Å². The van der Waals surface area contributed by atoms with Crippen LogP contribution < -0.4 is 5.32 Å². The van der Waals surface area contributed by atoms with E-state index in [-0.39, 0.29) is 0 Å². The lowest BCUT2D eigenvalue weighted by Crippen LogP contribution is -2.19. The number of nitrogens with one attached hydrogen (secondary N) is 1. The molecule has 0 amide bonds. The average molecular weight is 182 g/mol. The highest BCUT2D eigenvalue weighted by Crippen LogP contribution is 1.76. The molecule has 10 heavy (non-hydrogen) atoms. The second kappa shape index (κ2) is 7.25. The second-order valence-corrected chi connectivity index (χ2v) is 3.65. The van der Waals surface area contributed by atoms with Crippen molar-refractivity contribution >= 4 is 22.4 Å². The predicted molar refractivity (Wildman–Crippen MR) is 46.8 cm³/mol. The summed E-state index contributed by atoms with van der Waals surface area (Å²) >= 11 is 5.26. The fourth-order valence-electron chi connectivity index (χ4n) is 0.446. The zero-order valence-electron chi connectivity index (χ0n) is 5.97. The van der Waals surface area contributed by atoms with Crippen molar-refractivity contribution in [1.29, 1.82) is 0 Å². The molecule has 4 heteroatoms. The molecule has 0 saturated carbocycles. The Labute approximate surface area is 69.1 Å². The van der Waals surface area contributed by atoms with E-state index in [2.05, 4.69) is 5.32 Å². The van der Waals surface area contributed by atoms with E-state index < -0.39 is 10.8 Å². The molecule has 0 bridgehead atoms. The van der Waals surface area contributed by atoms with Gasteiger partial charge in [0.2, 0.25) is 0 Å². The van der Waals surface area contributed by atoms with Gasteiger partial charge in [0.25, 0.3) is 0 Å². The summed E-state index contributed by atoms with van der Waals surface area (Å²) in [7, 11) is -0.691. The lowest BCUT2D eigenvalue weighted by atomic mass is 10.6. The van der Waals surface area contributed by atoms with Crippen LogP contribution in [0.3, 0.4) is 0 Å². The van der Waals surface area contributed by atoms with Crippen LogP contribution in [0.2, 0.25) is 0 Å². The molecule has 0 aliphatic rings. The molecule has 0 aliphatic carbocycles. The Morgan fingerprint density at radius 2 is 2.40 bits per heavy atom. The van der Waals surface area contributed by atoms with Crippen LogP contribution in [-0.2, 0) is 10.8 Å². The van der Waals surface area contributed by atoms with E-state index in [0.717, 1.165) is 13.1 Å². The maximum absolute atomic E-state index is 10.5. The van der Waals surface area contributed by atoms with Crippen molar-refractivity contribution in [2.75, 3.05) is 25.1 Å². The molecule has 0 spiro atoms. The Morgan fingerprint density at radius 3 is 2.90 bits per heavy atom. The van der Waals surface area contributed by atoms with Crippen molar-refractivity contribution in [2.45, 2.75) is 0 Å². The maximum atomic E-state index is 10.5. The molecular weight excluding hydrogens is 170 g/mol. The first-order chi connectivity index (χ1) is 4.77. The largest absolute Gasteiger partial charge is 0.312 e. The van der Waals surface area contributed by atoms with Gasteiger partial charge in [-0.1, -0.05) is 17.7 Å². The number of rotatable bonds is 5. The lowest BCUT2D eigenvalue weighted by Gasteiger charge is -1.96. The smallest absolute Gasteiger partial charge is 0.0357 e. The molecule has 1 unspecified atom stereocenters. The van der Waals surface area contributed by atoms with Gasteiger partial charge in [0.15, 0.2) is 0 Å². The number of hydrogen-bond acceptors (Lipinski definition) is 2. The molecule has 0 aromatic heterocycles. The summed E-state index contributed by atoms with van der Waals surface area (Å²) in [6, 6.07) is 0. The average Bonchev–Trinajstić information content (AvgIpc) is 1.87. The maximum Gasteiger partial charge on any atom is 0.0357 e. The van der Waals surface area contributed by atoms with E-state index in [1.807, 2.05) is 0 Å². The van der Waals surface area contributed by atoms with E-state index >= 15 is 0 Å². The number of halogens is 1. The molecule has 0 saturated heterocycles. The zero-order valence-corrected chi connectivity index (χ0v) is 7.54. The van der Waals surface area contributed by atoms with Gasteiger partial charge in [-0.15, -0.1) is 0 Å². The van der Waals surface area contributed by atoms with Crippen molar-refractivity contribution in [1.82, 2.24) is 5.32 Å². The molecule has 0 heterocycles. The van der Waals surface area contributed by atoms with Crippen molar-refractivity contribution in [3.8, 4) is 0 Å². The predicted octanol–water partition coefficient (Wildman–Crippen LogP) is 0.707. The van der Waals surface area contributed by atoms with Gasteiger partial charge >= 0.3 is 0 Å². The topological polar surface area (TPSA) is 29.1 Å². The molecule has 60 valence electrons. The molecule has 1 N–H and O–H groups in total. The molecule has 0 aliphatic heterocycles. The van der Waals surface area contributed by atoms with Gasteiger partial charge in [0.1, 0.15) is 0 Å². The molecule has 0 radical (unpaired) electrons. The van der Waals surface area contributed by atoms with Crippen LogP contribution in [0.25, 0.3) is 0 Å². The van der Waals surface area contributed by atoms with E-state index in [9.17, 15) is 4.21 Å². The molecular formula is C6H12ClNOS. The van der Waals surface area contributed by atoms with E-state index in [0.29, 0.717) is 5.75 Å². The summed E-state index contributed by atoms with van der Waals surface area (Å²) in [5.41, 5.74) is 1.47. The second-order valence-electron chi connectivity index (χ2n) is 1.84. The summed E-state index contributed by atoms with van der Waals surface area (Å²) in [4.78, 5) is 0. The van der Waals surface area contributed by atoms with Crippen LogP contribution in [0.1, 0.15) is 0 Å². The summed E-state index contributed by atoms with van der Waals surface area (Å²) < 4.78 is 10.5. The van der Waals surface area contributed by atoms with Gasteiger partial charge in [-0.2, -0.15) is 0 Å². The van der Waals surface area contributed by atoms with E-state index in [4.69, 9.17) is 11.6 Å². The highest BCUT2D eigenvalue weighted by molar-refractivity contribution is 7.84. The standard InChI is InChI=1S/C6H12ClNOS/c1-10(9)6-5-8-4-2-3-7/h2-3,8H,4-6H2,1H3/b3-2+. The van der Waals surface area contributed by atoms with Crippen molar-refractivity contribution in [3.63, 3.8) is 0 Å². The van der Waals surface area contributed by atoms with Gasteiger partial charge in [-0.3, -0.25) is 4.21 Å². The highest BCUT2D eigenvalue weighted by Gasteiger charge is 1.87. The molecule has 0 aromatic carbocycles. The molecule has 0 aromatic rings. The van der Waals surface area contributed by atoms with Gasteiger partial charge in [-0.05, 0) is 0 Å². The summed E-state index contributed by atoms with van der Waals surface area (Å²) in [6.07, 6.45) is 3.50. The van der Waals surface area contributed by atoms with Gasteiger partial charge in [-0.25, -0.2) is 0 Å². The van der Waals surface area contributed by atoms with Crippen molar-refractivity contribution < 1.29 is 4.21 Å². The van der Waals surface area contributed by atoms with Crippen molar-refractivity contribution in [3.05, 3.63) is 11.6 Å². The summed E-state index contributed by atoms with van der Waals surface area (Å²) in [5, 5.41) is 3.05. The highest BCUT2D eigenvalue weighted by atomic mass is 35.5. The molecule has 0 rings (SSSR count). The van der Waals surface area contributed by atoms with Gasteiger partial charge in [0, 0.05) is 41.4 Å². The minimum atomic E-state index is -0.691. The Balaban J connectivity index is 2.98. The minimum absolute atomic E-state index is 0.691. The zero-order chi connectivity index (χ0) is 7.82. The monoisotopic (exact) mass is 181 g/mol. The number of hydrogen-bond donors (Lipinski definition) is 1. The third-order valence-electron chi connectivity index (χ3n) is 0.918. The molecule has 2 nitrogen and oxygen atoms in total. The van der Waals surface area contributed by atoms with Crippen LogP contribution in [-0.4, -0.2) is 29.3 Å². The Bertz CT molecular complexity index is 127. The van der Waals surface area contributed by atoms with Crippen LogP contribution in [0.4, 0.5) is 0 Å². The SMILES string of the molecule is CS(=O)CCNC/C=C/Cl. The Kier molecular flexibility index (Phi) is 7.35. The first-order valence-electron chi connectivity index (χ1n) is 3.03. The normalized spacial score (nSPS) is 14.2. The minimum Gasteiger partial charge on any atom is -0.312 e. The first-order valence-corrected chi connectivity index (χ1v) is 5.19. The van der Waals surface area contributed by atoms with Gasteiger partial charge < -0.3 is 5.32 Å². The third kappa shape index (κ3) is 8.14. The summed E-state index contributed by atoms with van der Waals surface area (Å²) in [5.74, 6) is 0.704. The Hall–Kier alpha value is 0.140. The lowest BCUT2D eigenvalue weighted by molar-refractivity contribution is 0.682. The van der Waals surface area contributed by atoms with Crippen LogP contribution in [0.15, 0.2) is 11.6 Å². The van der Waals surface area contributed by atoms with E-state index in [1.54, 1.807) is 12.3 Å². The third-order valence-corrected chi connectivity index (χ3v) is 1.87. The van der Waals surface area contributed by atoms with Crippen LogP contribution >= 0.6 is 11.6 Å². The fourth-order valence-corrected chi connectivity index (χ4v) is 0.967. The van der Waals surface area contributed by atoms with Crippen molar-refractivity contribution in [2.24, 2.45) is 0 Å². The first kappa shape index (κ1) is 10.1. The van der Waals surface area contributed by atoms with Gasteiger partial charge in [0.05, 0.1) is 0 Å². The fraction of sp³-hybridized carbons (Fsp3) is 0.667.